The van der Waals surface area contributed by atoms with Crippen LogP contribution in [0.2, 0.25) is 0 Å². The molecular weight excluding hydrogens is 237 g/mol. The van der Waals surface area contributed by atoms with Gasteiger partial charge in [-0.3, -0.25) is 0 Å². The molecule has 2 rings (SSSR count). The van der Waals surface area contributed by atoms with Crippen molar-refractivity contribution >= 4 is 5.97 Å². The first-order valence-corrected chi connectivity index (χ1v) is 5.00. The van der Waals surface area contributed by atoms with Crippen LogP contribution in [0, 0.1) is 0 Å². The summed E-state index contributed by atoms with van der Waals surface area (Å²) in [5.74, 6) is -2.00. The van der Waals surface area contributed by atoms with Gasteiger partial charge in [0.2, 0.25) is 0 Å². The Bertz CT molecular complexity index is 450. The molecule has 1 N–H and O–H groups in total. The maximum Gasteiger partial charge on any atom is 0.419 e. The molecule has 0 unspecified atom stereocenters. The van der Waals surface area contributed by atoms with Gasteiger partial charge in [-0.25, -0.2) is 4.79 Å². The number of hydrogen-bond donors (Lipinski definition) is 1. The van der Waals surface area contributed by atoms with E-state index in [1.807, 2.05) is 0 Å². The molecule has 3 nitrogen and oxygen atoms in total. The quantitative estimate of drug-likeness (QED) is 0.891. The summed E-state index contributed by atoms with van der Waals surface area (Å²) in [6.07, 6.45) is -3.59. The Morgan fingerprint density at radius 1 is 1.35 bits per heavy atom. The van der Waals surface area contributed by atoms with Crippen molar-refractivity contribution in [2.45, 2.75) is 25.1 Å². The molecule has 0 heterocycles. The first kappa shape index (κ1) is 11.8. The van der Waals surface area contributed by atoms with Gasteiger partial charge < -0.3 is 9.84 Å². The molecule has 0 aliphatic heterocycles. The Morgan fingerprint density at radius 3 is 2.47 bits per heavy atom. The number of ether oxygens (including phenoxy) is 1. The fraction of sp³-hybridized carbons (Fsp3) is 0.364. The molecule has 1 saturated carbocycles. The van der Waals surface area contributed by atoms with Gasteiger partial charge in [0.25, 0.3) is 0 Å². The van der Waals surface area contributed by atoms with E-state index in [1.54, 1.807) is 0 Å². The van der Waals surface area contributed by atoms with E-state index in [9.17, 15) is 18.0 Å². The average molecular weight is 246 g/mol. The van der Waals surface area contributed by atoms with Crippen LogP contribution >= 0.6 is 0 Å². The largest absolute Gasteiger partial charge is 0.489 e. The monoisotopic (exact) mass is 246 g/mol. The topological polar surface area (TPSA) is 46.5 Å². The van der Waals surface area contributed by atoms with Gasteiger partial charge in [-0.2, -0.15) is 13.2 Å². The molecule has 1 aliphatic rings. The van der Waals surface area contributed by atoms with Crippen LogP contribution < -0.4 is 4.74 Å². The van der Waals surface area contributed by atoms with Crippen LogP contribution in [0.5, 0.6) is 5.75 Å². The van der Waals surface area contributed by atoms with Crippen molar-refractivity contribution in [2.75, 3.05) is 0 Å². The maximum atomic E-state index is 12.7. The third-order valence-corrected chi connectivity index (χ3v) is 2.36. The molecule has 0 saturated heterocycles. The molecular formula is C11H9F3O3. The van der Waals surface area contributed by atoms with Gasteiger partial charge in [-0.1, -0.05) is 6.07 Å². The smallest absolute Gasteiger partial charge is 0.419 e. The van der Waals surface area contributed by atoms with Crippen LogP contribution in [0.3, 0.4) is 0 Å². The summed E-state index contributed by atoms with van der Waals surface area (Å²) in [5, 5.41) is 8.84. The molecule has 0 spiro atoms. The van der Waals surface area contributed by atoms with E-state index in [-0.39, 0.29) is 6.10 Å². The van der Waals surface area contributed by atoms with Crippen molar-refractivity contribution in [1.82, 2.24) is 0 Å². The molecule has 17 heavy (non-hydrogen) atoms. The van der Waals surface area contributed by atoms with Crippen molar-refractivity contribution in [3.05, 3.63) is 29.3 Å². The zero-order chi connectivity index (χ0) is 12.6. The van der Waals surface area contributed by atoms with Gasteiger partial charge in [0, 0.05) is 0 Å². The number of para-hydroxylation sites is 1. The Hall–Kier alpha value is -1.72. The predicted octanol–water partition coefficient (Wildman–Crippen LogP) is 2.94. The van der Waals surface area contributed by atoms with E-state index in [4.69, 9.17) is 9.84 Å². The standard InChI is InChI=1S/C11H9F3O3/c12-11(13,14)8-3-1-2-7(10(15)16)9(8)17-6-4-5-6/h1-3,6H,4-5H2,(H,15,16). The third kappa shape index (κ3) is 2.51. The van der Waals surface area contributed by atoms with Gasteiger partial charge in [-0.05, 0) is 25.0 Å². The first-order valence-electron chi connectivity index (χ1n) is 5.00. The van der Waals surface area contributed by atoms with Crippen LogP contribution in [0.15, 0.2) is 18.2 Å². The number of benzene rings is 1. The van der Waals surface area contributed by atoms with Gasteiger partial charge >= 0.3 is 12.1 Å². The molecule has 0 atom stereocenters. The summed E-state index contributed by atoms with van der Waals surface area (Å²) in [5.41, 5.74) is -1.49. The second-order valence-electron chi connectivity index (χ2n) is 3.80. The van der Waals surface area contributed by atoms with E-state index < -0.39 is 29.0 Å². The van der Waals surface area contributed by atoms with Gasteiger partial charge in [-0.15, -0.1) is 0 Å². The van der Waals surface area contributed by atoms with Crippen molar-refractivity contribution in [1.29, 1.82) is 0 Å². The van der Waals surface area contributed by atoms with E-state index in [0.29, 0.717) is 12.8 Å². The zero-order valence-corrected chi connectivity index (χ0v) is 8.62. The van der Waals surface area contributed by atoms with Crippen LogP contribution in [-0.4, -0.2) is 17.2 Å². The van der Waals surface area contributed by atoms with Crippen LogP contribution in [0.1, 0.15) is 28.8 Å². The fourth-order valence-electron chi connectivity index (χ4n) is 1.41. The average Bonchev–Trinajstić information content (AvgIpc) is 3.00. The van der Waals surface area contributed by atoms with Crippen molar-refractivity contribution < 1.29 is 27.8 Å². The lowest BCUT2D eigenvalue weighted by Gasteiger charge is -2.15. The summed E-state index contributed by atoms with van der Waals surface area (Å²) in [4.78, 5) is 10.9. The molecule has 92 valence electrons. The number of aromatic carboxylic acids is 1. The molecule has 0 bridgehead atoms. The van der Waals surface area contributed by atoms with Crippen molar-refractivity contribution in [3.63, 3.8) is 0 Å². The van der Waals surface area contributed by atoms with Crippen molar-refractivity contribution in [2.24, 2.45) is 0 Å². The summed E-state index contributed by atoms with van der Waals surface area (Å²) in [6.45, 7) is 0. The minimum atomic E-state index is -4.62. The second-order valence-corrected chi connectivity index (χ2v) is 3.80. The SMILES string of the molecule is O=C(O)c1cccc(C(F)(F)F)c1OC1CC1. The highest BCUT2D eigenvalue weighted by Gasteiger charge is 2.38. The lowest BCUT2D eigenvalue weighted by atomic mass is 10.1. The van der Waals surface area contributed by atoms with Crippen LogP contribution in [0.25, 0.3) is 0 Å². The number of carboxylic acids is 1. The summed E-state index contributed by atoms with van der Waals surface area (Å²) in [6, 6.07) is 2.99. The molecule has 1 aliphatic carbocycles. The number of hydrogen-bond acceptors (Lipinski definition) is 2. The number of halogens is 3. The van der Waals surface area contributed by atoms with E-state index in [1.165, 1.54) is 0 Å². The van der Waals surface area contributed by atoms with Crippen LogP contribution in [-0.2, 0) is 6.18 Å². The number of carboxylic acid groups (broad SMARTS) is 1. The summed E-state index contributed by atoms with van der Waals surface area (Å²) < 4.78 is 43.1. The highest BCUT2D eigenvalue weighted by Crippen LogP contribution is 2.40. The Morgan fingerprint density at radius 2 is 2.00 bits per heavy atom. The highest BCUT2D eigenvalue weighted by atomic mass is 19.4. The molecule has 0 amide bonds. The normalized spacial score (nSPS) is 15.7. The minimum absolute atomic E-state index is 0.295. The molecule has 6 heteroatoms. The molecule has 1 aromatic rings. The number of carbonyl (C=O) groups is 1. The number of alkyl halides is 3. The number of rotatable bonds is 3. The lowest BCUT2D eigenvalue weighted by molar-refractivity contribution is -0.139. The molecule has 0 aromatic heterocycles. The van der Waals surface area contributed by atoms with Crippen LogP contribution in [0.4, 0.5) is 13.2 Å². The predicted molar refractivity (Wildman–Crippen MR) is 52.1 cm³/mol. The van der Waals surface area contributed by atoms with Crippen molar-refractivity contribution in [3.8, 4) is 5.75 Å². The maximum absolute atomic E-state index is 12.7. The zero-order valence-electron chi connectivity index (χ0n) is 8.62. The lowest BCUT2D eigenvalue weighted by Crippen LogP contribution is -2.13. The Kier molecular flexibility index (Phi) is 2.73. The molecule has 1 fully saturated rings. The van der Waals surface area contributed by atoms with Gasteiger partial charge in [0.05, 0.1) is 11.7 Å². The second kappa shape index (κ2) is 3.94. The highest BCUT2D eigenvalue weighted by molar-refractivity contribution is 5.91. The van der Waals surface area contributed by atoms with E-state index in [2.05, 4.69) is 0 Å². The van der Waals surface area contributed by atoms with Gasteiger partial charge in [0.15, 0.2) is 0 Å². The van der Waals surface area contributed by atoms with E-state index >= 15 is 0 Å². The fourth-order valence-corrected chi connectivity index (χ4v) is 1.41. The van der Waals surface area contributed by atoms with E-state index in [0.717, 1.165) is 18.2 Å². The first-order chi connectivity index (χ1) is 7.89. The summed E-state index contributed by atoms with van der Waals surface area (Å²) in [7, 11) is 0. The molecule has 1 aromatic carbocycles. The minimum Gasteiger partial charge on any atom is -0.489 e. The third-order valence-electron chi connectivity index (χ3n) is 2.36. The molecule has 0 radical (unpaired) electrons. The Balaban J connectivity index is 2.49. The Labute approximate surface area is 94.8 Å². The van der Waals surface area contributed by atoms with Gasteiger partial charge in [0.1, 0.15) is 11.3 Å². The summed E-state index contributed by atoms with van der Waals surface area (Å²) >= 11 is 0.